The van der Waals surface area contributed by atoms with Crippen LogP contribution < -0.4 is 9.47 Å². The lowest BCUT2D eigenvalue weighted by molar-refractivity contribution is -0.549. The summed E-state index contributed by atoms with van der Waals surface area (Å²) >= 11 is 5.70. The van der Waals surface area contributed by atoms with E-state index >= 15 is 0 Å². The van der Waals surface area contributed by atoms with E-state index in [1.807, 2.05) is 0 Å². The molecule has 1 aliphatic heterocycles. The average Bonchev–Trinajstić information content (AvgIpc) is 2.89. The molecule has 0 saturated heterocycles. The van der Waals surface area contributed by atoms with Gasteiger partial charge in [-0.15, -0.1) is 0 Å². The minimum atomic E-state index is -1.23. The molecule has 2 aromatic heterocycles. The Morgan fingerprint density at radius 3 is 3.00 bits per heavy atom. The van der Waals surface area contributed by atoms with Crippen LogP contribution in [-0.4, -0.2) is 25.7 Å². The van der Waals surface area contributed by atoms with E-state index in [0.717, 1.165) is 5.56 Å². The van der Waals surface area contributed by atoms with Gasteiger partial charge in [-0.1, -0.05) is 17.7 Å². The van der Waals surface area contributed by atoms with Crippen molar-refractivity contribution in [3.05, 3.63) is 51.4 Å². The minimum Gasteiger partial charge on any atom is -0.472 e. The van der Waals surface area contributed by atoms with Crippen LogP contribution in [-0.2, 0) is 6.61 Å². The second-order valence-corrected chi connectivity index (χ2v) is 4.55. The summed E-state index contributed by atoms with van der Waals surface area (Å²) in [7, 11) is 0. The maximum Gasteiger partial charge on any atom is 0.377 e. The third-order valence-corrected chi connectivity index (χ3v) is 2.96. The van der Waals surface area contributed by atoms with Gasteiger partial charge in [-0.2, -0.15) is 4.98 Å². The summed E-state index contributed by atoms with van der Waals surface area (Å²) in [6.45, 7) is 0.266. The molecule has 1 aliphatic rings. The fourth-order valence-electron chi connectivity index (χ4n) is 1.73. The number of hydrogen-bond acceptors (Lipinski definition) is 6. The zero-order chi connectivity index (χ0) is 14.8. The molecule has 0 N–H and O–H groups in total. The Morgan fingerprint density at radius 1 is 1.43 bits per heavy atom. The molecule has 0 aliphatic carbocycles. The molecule has 1 atom stereocenters. The molecular formula is C12H9ClN4O4. The molecule has 0 amide bonds. The van der Waals surface area contributed by atoms with Crippen molar-refractivity contribution >= 4 is 17.8 Å². The Bertz CT molecular complexity index is 698. The van der Waals surface area contributed by atoms with Gasteiger partial charge in [0.2, 0.25) is 5.88 Å². The van der Waals surface area contributed by atoms with E-state index in [0.29, 0.717) is 11.0 Å². The molecule has 0 bridgehead atoms. The zero-order valence-electron chi connectivity index (χ0n) is 10.5. The average molecular weight is 309 g/mol. The Morgan fingerprint density at radius 2 is 2.29 bits per heavy atom. The number of imidazole rings is 1. The highest BCUT2D eigenvalue weighted by atomic mass is 35.5. The van der Waals surface area contributed by atoms with Crippen molar-refractivity contribution in [3.8, 4) is 11.9 Å². The monoisotopic (exact) mass is 308 g/mol. The summed E-state index contributed by atoms with van der Waals surface area (Å²) in [5.41, 5.74) is 0.832. The summed E-state index contributed by atoms with van der Waals surface area (Å²) in [4.78, 5) is 18.0. The molecule has 0 saturated carbocycles. The summed E-state index contributed by atoms with van der Waals surface area (Å²) in [6.07, 6.45) is 4.62. The highest BCUT2D eigenvalue weighted by Gasteiger charge is 2.26. The van der Waals surface area contributed by atoms with Crippen molar-refractivity contribution in [3.63, 3.8) is 0 Å². The number of pyridine rings is 1. The lowest BCUT2D eigenvalue weighted by atomic mass is 10.3. The Hall–Kier alpha value is -2.61. The first-order valence-electron chi connectivity index (χ1n) is 5.92. The van der Waals surface area contributed by atoms with Crippen LogP contribution in [0.4, 0.5) is 0 Å². The number of halogens is 1. The molecule has 0 unspecified atom stereocenters. The fourth-order valence-corrected chi connectivity index (χ4v) is 1.84. The van der Waals surface area contributed by atoms with Crippen molar-refractivity contribution in [1.29, 1.82) is 0 Å². The van der Waals surface area contributed by atoms with Crippen molar-refractivity contribution in [2.24, 2.45) is 0 Å². The van der Waals surface area contributed by atoms with Crippen LogP contribution in [0, 0.1) is 10.1 Å². The molecule has 2 aromatic rings. The molecule has 9 heteroatoms. The molecule has 0 spiro atoms. The molecule has 3 rings (SSSR count). The van der Waals surface area contributed by atoms with Gasteiger partial charge in [0, 0.05) is 24.0 Å². The standard InChI is InChI=1S/C12H9ClN4O4/c13-9-2-1-8(5-14-9)7-20-11-6-15-12-16(11)4-3-10(21-12)17(18)19/h1-6,10H,7H2/t10-/m0/s1. The number of fused-ring (bicyclic) bond motifs is 1. The number of aromatic nitrogens is 3. The molecule has 0 aromatic carbocycles. The van der Waals surface area contributed by atoms with Crippen molar-refractivity contribution < 1.29 is 14.4 Å². The Labute approximate surface area is 123 Å². The summed E-state index contributed by atoms with van der Waals surface area (Å²) in [5.74, 6) is 0.415. The van der Waals surface area contributed by atoms with E-state index < -0.39 is 11.2 Å². The zero-order valence-corrected chi connectivity index (χ0v) is 11.3. The number of nitro groups is 1. The van der Waals surface area contributed by atoms with Gasteiger partial charge in [-0.05, 0) is 6.07 Å². The molecule has 0 radical (unpaired) electrons. The van der Waals surface area contributed by atoms with Crippen LogP contribution in [0.1, 0.15) is 5.56 Å². The molecule has 8 nitrogen and oxygen atoms in total. The van der Waals surface area contributed by atoms with Gasteiger partial charge in [0.25, 0.3) is 0 Å². The van der Waals surface area contributed by atoms with Gasteiger partial charge in [-0.25, -0.2) is 9.55 Å². The lowest BCUT2D eigenvalue weighted by Gasteiger charge is -2.14. The smallest absolute Gasteiger partial charge is 0.377 e. The predicted molar refractivity (Wildman–Crippen MR) is 72.5 cm³/mol. The number of nitrogens with zero attached hydrogens (tertiary/aromatic N) is 4. The van der Waals surface area contributed by atoms with Gasteiger partial charge in [0.05, 0.1) is 11.1 Å². The van der Waals surface area contributed by atoms with Crippen molar-refractivity contribution in [2.45, 2.75) is 12.8 Å². The van der Waals surface area contributed by atoms with Crippen LogP contribution in [0.5, 0.6) is 11.9 Å². The normalized spacial score (nSPS) is 16.1. The Kier molecular flexibility index (Phi) is 3.44. The van der Waals surface area contributed by atoms with Crippen LogP contribution in [0.25, 0.3) is 6.20 Å². The minimum absolute atomic E-state index is 0.114. The number of hydrogen-bond donors (Lipinski definition) is 0. The van der Waals surface area contributed by atoms with Gasteiger partial charge < -0.3 is 9.47 Å². The quantitative estimate of drug-likeness (QED) is 0.487. The molecule has 108 valence electrons. The van der Waals surface area contributed by atoms with E-state index in [4.69, 9.17) is 21.1 Å². The molecule has 3 heterocycles. The maximum absolute atomic E-state index is 10.7. The van der Waals surface area contributed by atoms with Crippen LogP contribution in [0.2, 0.25) is 5.15 Å². The highest BCUT2D eigenvalue weighted by molar-refractivity contribution is 6.29. The lowest BCUT2D eigenvalue weighted by Crippen LogP contribution is -2.27. The first-order chi connectivity index (χ1) is 10.1. The number of rotatable bonds is 4. The van der Waals surface area contributed by atoms with Crippen LogP contribution in [0.15, 0.2) is 30.6 Å². The second-order valence-electron chi connectivity index (χ2n) is 4.16. The van der Waals surface area contributed by atoms with Crippen LogP contribution in [0.3, 0.4) is 0 Å². The topological polar surface area (TPSA) is 92.3 Å². The highest BCUT2D eigenvalue weighted by Crippen LogP contribution is 2.25. The van der Waals surface area contributed by atoms with Crippen molar-refractivity contribution in [2.75, 3.05) is 0 Å². The number of ether oxygens (including phenoxy) is 2. The summed E-state index contributed by atoms with van der Waals surface area (Å²) < 4.78 is 12.2. The van der Waals surface area contributed by atoms with Gasteiger partial charge >= 0.3 is 12.2 Å². The largest absolute Gasteiger partial charge is 0.472 e. The van der Waals surface area contributed by atoms with E-state index in [1.54, 1.807) is 18.3 Å². The van der Waals surface area contributed by atoms with Gasteiger partial charge in [0.15, 0.2) is 0 Å². The molecule has 21 heavy (non-hydrogen) atoms. The molecule has 0 fully saturated rings. The van der Waals surface area contributed by atoms with Gasteiger partial charge in [-0.3, -0.25) is 10.1 Å². The van der Waals surface area contributed by atoms with Crippen LogP contribution >= 0.6 is 11.6 Å². The fraction of sp³-hybridized carbons (Fsp3) is 0.167. The van der Waals surface area contributed by atoms with E-state index in [1.165, 1.54) is 23.0 Å². The van der Waals surface area contributed by atoms with E-state index in [-0.39, 0.29) is 12.6 Å². The van der Waals surface area contributed by atoms with E-state index in [2.05, 4.69) is 9.97 Å². The first-order valence-corrected chi connectivity index (χ1v) is 6.30. The third kappa shape index (κ3) is 2.79. The summed E-state index contributed by atoms with van der Waals surface area (Å²) in [6, 6.07) is 3.57. The first kappa shape index (κ1) is 13.4. The maximum atomic E-state index is 10.7. The third-order valence-electron chi connectivity index (χ3n) is 2.74. The SMILES string of the molecule is O=[N+]([O-])[C@@H]1C=Cn2c(OCc3ccc(Cl)nc3)cnc2O1. The summed E-state index contributed by atoms with van der Waals surface area (Å²) in [5, 5.41) is 11.1. The van der Waals surface area contributed by atoms with Crippen molar-refractivity contribution in [1.82, 2.24) is 14.5 Å². The molecular weight excluding hydrogens is 300 g/mol. The van der Waals surface area contributed by atoms with Gasteiger partial charge in [0.1, 0.15) is 11.8 Å². The predicted octanol–water partition coefficient (Wildman–Crippen LogP) is 1.98. The Balaban J connectivity index is 1.71. The van der Waals surface area contributed by atoms with E-state index in [9.17, 15) is 10.1 Å². The second kappa shape index (κ2) is 5.41.